The van der Waals surface area contributed by atoms with Crippen LogP contribution in [0.15, 0.2) is 71.2 Å². The van der Waals surface area contributed by atoms with Crippen molar-refractivity contribution in [1.82, 2.24) is 14.7 Å². The lowest BCUT2D eigenvalue weighted by Gasteiger charge is -2.43. The molecular formula is C45H59F3N3O2PS. The Hall–Kier alpha value is -2.29. The van der Waals surface area contributed by atoms with E-state index < -0.39 is 11.3 Å². The topological polar surface area (TPSA) is 47.0 Å². The average Bonchev–Trinajstić information content (AvgIpc) is 4.13. The lowest BCUT2D eigenvalue weighted by atomic mass is 9.75. The first-order chi connectivity index (χ1) is 26.5. The Balaban J connectivity index is 0.994. The second-order valence-electron chi connectivity index (χ2n) is 17.5. The molecule has 0 bridgehead atoms. The quantitative estimate of drug-likeness (QED) is 0.172. The number of carbonyl (C=O) groups excluding carboxylic acids is 1. The highest BCUT2D eigenvalue weighted by Gasteiger charge is 2.52. The molecule has 3 aliphatic heterocycles. The van der Waals surface area contributed by atoms with Gasteiger partial charge in [0, 0.05) is 47.1 Å². The molecule has 8 atom stereocenters. The van der Waals surface area contributed by atoms with E-state index in [1.54, 1.807) is 26.6 Å². The summed E-state index contributed by atoms with van der Waals surface area (Å²) in [7, 11) is 1.60. The van der Waals surface area contributed by atoms with Crippen LogP contribution in [0, 0.1) is 23.7 Å². The lowest BCUT2D eigenvalue weighted by Crippen LogP contribution is -2.50. The zero-order chi connectivity index (χ0) is 38.3. The van der Waals surface area contributed by atoms with E-state index in [9.17, 15) is 9.90 Å². The molecule has 3 aliphatic carbocycles. The fourth-order valence-electron chi connectivity index (χ4n) is 10.5. The van der Waals surface area contributed by atoms with Crippen LogP contribution >= 0.6 is 20.6 Å². The second-order valence-corrected chi connectivity index (χ2v) is 19.2. The van der Waals surface area contributed by atoms with E-state index in [0.29, 0.717) is 42.3 Å². The molecule has 4 heterocycles. The van der Waals surface area contributed by atoms with Crippen molar-refractivity contribution < 1.29 is 23.1 Å². The molecular weight excluding hydrogens is 735 g/mol. The van der Waals surface area contributed by atoms with Gasteiger partial charge in [0.2, 0.25) is 0 Å². The molecule has 10 heteroatoms. The SMILES string of the molecule is CC1CC=CC=C1CC1CC(C2CCCN(C3CCCN(C(CO)c4cccs4)C3)CC2)CCN1C(=O)c1cc(C(F)(F)P)cc(C(F)(C2=CC2)C2CC2)c1. The molecule has 1 N–H and O–H groups in total. The van der Waals surface area contributed by atoms with E-state index in [1.165, 1.54) is 35.4 Å². The molecule has 4 fully saturated rings. The number of hydrogen-bond acceptors (Lipinski definition) is 5. The summed E-state index contributed by atoms with van der Waals surface area (Å²) in [5, 5.41) is 12.4. The van der Waals surface area contributed by atoms with Crippen molar-refractivity contribution in [1.29, 1.82) is 0 Å². The third-order valence-corrected chi connectivity index (χ3v) is 15.3. The summed E-state index contributed by atoms with van der Waals surface area (Å²) in [6.07, 6.45) is 19.8. The van der Waals surface area contributed by atoms with Gasteiger partial charge in [-0.2, -0.15) is 8.78 Å². The molecule has 298 valence electrons. The summed E-state index contributed by atoms with van der Waals surface area (Å²) >= 11 is 1.73. The average molecular weight is 794 g/mol. The number of nitrogens with zero attached hydrogens (tertiary/aromatic N) is 3. The lowest BCUT2D eigenvalue weighted by molar-refractivity contribution is 0.0437. The second kappa shape index (κ2) is 16.5. The van der Waals surface area contributed by atoms with Crippen LogP contribution in [0.3, 0.4) is 0 Å². The number of allylic oxidation sites excluding steroid dienone is 5. The van der Waals surface area contributed by atoms with Gasteiger partial charge < -0.3 is 10.0 Å². The zero-order valence-corrected chi connectivity index (χ0v) is 34.3. The summed E-state index contributed by atoms with van der Waals surface area (Å²) in [6, 6.07) is 8.97. The fourth-order valence-corrected chi connectivity index (χ4v) is 11.6. The first-order valence-corrected chi connectivity index (χ1v) is 22.5. The van der Waals surface area contributed by atoms with Gasteiger partial charge in [-0.1, -0.05) is 52.1 Å². The Morgan fingerprint density at radius 2 is 1.78 bits per heavy atom. The molecule has 8 unspecified atom stereocenters. The number of amides is 1. The monoisotopic (exact) mass is 793 g/mol. The van der Waals surface area contributed by atoms with Crippen molar-refractivity contribution in [2.45, 2.75) is 113 Å². The molecule has 55 heavy (non-hydrogen) atoms. The highest BCUT2D eigenvalue weighted by Crippen LogP contribution is 2.57. The molecule has 6 aliphatic rings. The molecule has 8 rings (SSSR count). The molecule has 1 saturated carbocycles. The number of piperidine rings is 2. The van der Waals surface area contributed by atoms with Gasteiger partial charge in [0.1, 0.15) is 0 Å². The van der Waals surface area contributed by atoms with Crippen LogP contribution in [0.4, 0.5) is 13.2 Å². The van der Waals surface area contributed by atoms with Crippen LogP contribution < -0.4 is 0 Å². The van der Waals surface area contributed by atoms with Gasteiger partial charge in [-0.05, 0) is 155 Å². The molecule has 1 aromatic carbocycles. The normalized spacial score (nSPS) is 29.9. The van der Waals surface area contributed by atoms with Crippen molar-refractivity contribution in [2.24, 2.45) is 23.7 Å². The van der Waals surface area contributed by atoms with E-state index in [1.807, 2.05) is 11.0 Å². The van der Waals surface area contributed by atoms with Gasteiger partial charge in [-0.3, -0.25) is 14.6 Å². The Morgan fingerprint density at radius 3 is 2.49 bits per heavy atom. The first-order valence-electron chi connectivity index (χ1n) is 21.0. The van der Waals surface area contributed by atoms with Crippen molar-refractivity contribution in [2.75, 3.05) is 39.3 Å². The summed E-state index contributed by atoms with van der Waals surface area (Å²) in [6.45, 7) is 7.17. The van der Waals surface area contributed by atoms with E-state index in [4.69, 9.17) is 0 Å². The molecule has 2 aromatic rings. The van der Waals surface area contributed by atoms with Gasteiger partial charge in [0.05, 0.1) is 12.6 Å². The summed E-state index contributed by atoms with van der Waals surface area (Å²) in [4.78, 5) is 23.1. The van der Waals surface area contributed by atoms with Crippen LogP contribution in [0.1, 0.15) is 116 Å². The van der Waals surface area contributed by atoms with Crippen LogP contribution in [0.25, 0.3) is 0 Å². The number of rotatable bonds is 12. The largest absolute Gasteiger partial charge is 0.394 e. The van der Waals surface area contributed by atoms with Crippen LogP contribution in [-0.4, -0.2) is 77.1 Å². The zero-order valence-electron chi connectivity index (χ0n) is 32.4. The number of benzene rings is 1. The number of alkyl halides is 3. The van der Waals surface area contributed by atoms with E-state index in [0.717, 1.165) is 84.0 Å². The minimum atomic E-state index is -3.28. The van der Waals surface area contributed by atoms with E-state index >= 15 is 13.2 Å². The predicted octanol–water partition coefficient (Wildman–Crippen LogP) is 10.0. The van der Waals surface area contributed by atoms with Crippen molar-refractivity contribution >= 4 is 26.5 Å². The highest BCUT2D eigenvalue weighted by atomic mass is 32.1. The Kier molecular flexibility index (Phi) is 11.9. The maximum absolute atomic E-state index is 16.9. The van der Waals surface area contributed by atoms with Crippen LogP contribution in [-0.2, 0) is 11.3 Å². The van der Waals surface area contributed by atoms with Gasteiger partial charge >= 0.3 is 0 Å². The molecule has 0 spiro atoms. The van der Waals surface area contributed by atoms with Gasteiger partial charge in [0.25, 0.3) is 11.6 Å². The number of hydrogen-bond donors (Lipinski definition) is 1. The number of likely N-dealkylation sites (tertiary alicyclic amines) is 3. The third-order valence-electron chi connectivity index (χ3n) is 14.0. The number of halogens is 3. The Morgan fingerprint density at radius 1 is 1.00 bits per heavy atom. The maximum Gasteiger partial charge on any atom is 0.283 e. The fraction of sp³-hybridized carbons (Fsp3) is 0.622. The standard InChI is InChI=1S/C45H59F3N3O2PS/c1-30-7-2-3-8-32(30)25-40-26-33(31-9-4-18-49(20-16-31)39-10-5-19-50(28-39)41(29-52)42-11-6-22-55-42)17-21-51(40)43(53)34-23-37(27-38(24-34)45(47,48)54)44(46,35-12-13-35)36-14-15-36/h2-3,6,8,11-12,22-24,27,30-31,33,36,39-41,52H,4-5,7,9-10,13-21,25-26,28-29,54H2,1H3. The highest BCUT2D eigenvalue weighted by molar-refractivity contribution is 7.17. The summed E-state index contributed by atoms with van der Waals surface area (Å²) in [5.74, 6) is 0.975. The van der Waals surface area contributed by atoms with E-state index in [-0.39, 0.29) is 47.2 Å². The molecule has 5 nitrogen and oxygen atoms in total. The van der Waals surface area contributed by atoms with Gasteiger partial charge in [0.15, 0.2) is 5.67 Å². The smallest absolute Gasteiger partial charge is 0.283 e. The van der Waals surface area contributed by atoms with Gasteiger partial charge in [-0.15, -0.1) is 11.3 Å². The number of aliphatic hydroxyl groups is 1. The van der Waals surface area contributed by atoms with Gasteiger partial charge in [-0.25, -0.2) is 4.39 Å². The molecule has 1 aromatic heterocycles. The summed E-state index contributed by atoms with van der Waals surface area (Å²) < 4.78 is 46.9. The molecule has 3 saturated heterocycles. The minimum Gasteiger partial charge on any atom is -0.394 e. The molecule has 0 radical (unpaired) electrons. The number of aliphatic hydroxyl groups excluding tert-OH is 1. The van der Waals surface area contributed by atoms with Crippen LogP contribution in [0.2, 0.25) is 0 Å². The third kappa shape index (κ3) is 8.63. The van der Waals surface area contributed by atoms with Crippen molar-refractivity contribution in [3.63, 3.8) is 0 Å². The Labute approximate surface area is 332 Å². The van der Waals surface area contributed by atoms with Crippen molar-refractivity contribution in [3.8, 4) is 0 Å². The van der Waals surface area contributed by atoms with E-state index in [2.05, 4.69) is 52.5 Å². The number of carbonyl (C=O) groups is 1. The van der Waals surface area contributed by atoms with Crippen LogP contribution in [0.5, 0.6) is 0 Å². The number of thiophene rings is 1. The first kappa shape index (κ1) is 39.5. The summed E-state index contributed by atoms with van der Waals surface area (Å²) in [5.41, 5.74) is -2.97. The Bertz CT molecular complexity index is 1770. The van der Waals surface area contributed by atoms with Crippen molar-refractivity contribution in [3.05, 3.63) is 92.7 Å². The maximum atomic E-state index is 16.9. The molecule has 1 amide bonds. The minimum absolute atomic E-state index is 0.0429. The predicted molar refractivity (Wildman–Crippen MR) is 219 cm³/mol.